The number of carbonyl (C=O) groups excluding carboxylic acids is 1. The van der Waals surface area contributed by atoms with E-state index in [4.69, 9.17) is 4.74 Å². The number of nitrogens with one attached hydrogen (secondary N) is 1. The number of hydrogen-bond acceptors (Lipinski definition) is 3. The highest BCUT2D eigenvalue weighted by molar-refractivity contribution is 5.91. The number of hydrogen-bond donors (Lipinski definition) is 1. The molecule has 2 aliphatic rings. The first-order valence-corrected chi connectivity index (χ1v) is 5.59. The summed E-state index contributed by atoms with van der Waals surface area (Å²) in [5, 5.41) is 3.26. The summed E-state index contributed by atoms with van der Waals surface area (Å²) in [4.78, 5) is 11.6. The highest BCUT2D eigenvalue weighted by Crippen LogP contribution is 2.28. The zero-order valence-electron chi connectivity index (χ0n) is 8.92. The van der Waals surface area contributed by atoms with Crippen molar-refractivity contribution in [3.63, 3.8) is 0 Å². The fourth-order valence-corrected chi connectivity index (χ4v) is 2.14. The van der Waals surface area contributed by atoms with E-state index in [9.17, 15) is 4.79 Å². The maximum atomic E-state index is 11.6. The molecule has 0 bridgehead atoms. The Labute approximate surface area is 90.2 Å². The molecule has 1 unspecified atom stereocenters. The monoisotopic (exact) mass is 207 g/mol. The van der Waals surface area contributed by atoms with Crippen molar-refractivity contribution in [1.82, 2.24) is 5.32 Å². The minimum atomic E-state index is -0.117. The average Bonchev–Trinajstić information content (AvgIpc) is 2.83. The van der Waals surface area contributed by atoms with Crippen molar-refractivity contribution in [2.24, 2.45) is 0 Å². The predicted molar refractivity (Wildman–Crippen MR) is 58.2 cm³/mol. The lowest BCUT2D eigenvalue weighted by molar-refractivity contribution is -0.139. The van der Waals surface area contributed by atoms with Gasteiger partial charge < -0.3 is 10.1 Å². The van der Waals surface area contributed by atoms with Gasteiger partial charge in [-0.3, -0.25) is 0 Å². The molecular formula is C12H17NO2. The summed E-state index contributed by atoms with van der Waals surface area (Å²) in [5.74, 6) is -0.117. The zero-order chi connectivity index (χ0) is 10.7. The van der Waals surface area contributed by atoms with Gasteiger partial charge in [0.25, 0.3) is 0 Å². The highest BCUT2D eigenvalue weighted by atomic mass is 16.5. The second-order valence-corrected chi connectivity index (χ2v) is 4.08. The van der Waals surface area contributed by atoms with Gasteiger partial charge in [-0.15, -0.1) is 6.58 Å². The normalized spacial score (nSPS) is 30.1. The van der Waals surface area contributed by atoms with Crippen molar-refractivity contribution in [3.05, 3.63) is 23.9 Å². The van der Waals surface area contributed by atoms with Gasteiger partial charge in [-0.25, -0.2) is 4.79 Å². The van der Waals surface area contributed by atoms with Crippen molar-refractivity contribution in [2.75, 3.05) is 6.54 Å². The molecule has 0 saturated carbocycles. The quantitative estimate of drug-likeness (QED) is 0.436. The number of ether oxygens (including phenoxy) is 1. The lowest BCUT2D eigenvalue weighted by Crippen LogP contribution is -2.09. The van der Waals surface area contributed by atoms with Gasteiger partial charge in [0, 0.05) is 18.7 Å². The third-order valence-corrected chi connectivity index (χ3v) is 2.95. The van der Waals surface area contributed by atoms with Crippen LogP contribution >= 0.6 is 0 Å². The van der Waals surface area contributed by atoms with E-state index < -0.39 is 0 Å². The van der Waals surface area contributed by atoms with Crippen molar-refractivity contribution in [1.29, 1.82) is 0 Å². The molecule has 2 heterocycles. The van der Waals surface area contributed by atoms with Crippen molar-refractivity contribution >= 4 is 5.97 Å². The Bertz CT molecular complexity index is 299. The Hall–Kier alpha value is -1.25. The van der Waals surface area contributed by atoms with E-state index in [1.165, 1.54) is 0 Å². The summed E-state index contributed by atoms with van der Waals surface area (Å²) in [7, 11) is 0. The van der Waals surface area contributed by atoms with Crippen LogP contribution in [0.5, 0.6) is 0 Å². The molecule has 2 fully saturated rings. The third-order valence-electron chi connectivity index (χ3n) is 2.95. The topological polar surface area (TPSA) is 38.3 Å². The van der Waals surface area contributed by atoms with E-state index in [1.807, 2.05) is 6.08 Å². The van der Waals surface area contributed by atoms with E-state index >= 15 is 0 Å². The lowest BCUT2D eigenvalue weighted by atomic mass is 10.1. The molecule has 1 atom stereocenters. The first kappa shape index (κ1) is 10.3. The number of esters is 1. The summed E-state index contributed by atoms with van der Waals surface area (Å²) in [6.07, 6.45) is 6.64. The van der Waals surface area contributed by atoms with Crippen LogP contribution in [-0.2, 0) is 9.53 Å². The molecule has 0 aromatic rings. The smallest absolute Gasteiger partial charge is 0.336 e. The Morgan fingerprint density at radius 1 is 1.60 bits per heavy atom. The van der Waals surface area contributed by atoms with E-state index in [2.05, 4.69) is 11.9 Å². The predicted octanol–water partition coefficient (Wildman–Crippen LogP) is 1.91. The van der Waals surface area contributed by atoms with Crippen LogP contribution in [0, 0.1) is 0 Å². The molecule has 0 aromatic carbocycles. The van der Waals surface area contributed by atoms with E-state index in [1.54, 1.807) is 0 Å². The van der Waals surface area contributed by atoms with Gasteiger partial charge in [0.2, 0.25) is 0 Å². The maximum absolute atomic E-state index is 11.6. The molecule has 2 rings (SSSR count). The van der Waals surface area contributed by atoms with Gasteiger partial charge in [-0.1, -0.05) is 6.08 Å². The van der Waals surface area contributed by atoms with E-state index in [0.717, 1.165) is 49.9 Å². The van der Waals surface area contributed by atoms with Crippen molar-refractivity contribution in [2.45, 2.75) is 38.2 Å². The molecule has 0 spiro atoms. The number of carbonyl (C=O) groups is 1. The maximum Gasteiger partial charge on any atom is 0.336 e. The second-order valence-electron chi connectivity index (χ2n) is 4.08. The SMILES string of the molecule is C=CCCC1C/C(=C2\CCCN2)C(=O)O1. The van der Waals surface area contributed by atoms with Gasteiger partial charge in [-0.05, 0) is 25.7 Å². The molecule has 0 radical (unpaired) electrons. The zero-order valence-corrected chi connectivity index (χ0v) is 8.92. The van der Waals surface area contributed by atoms with Crippen LogP contribution in [0.4, 0.5) is 0 Å². The van der Waals surface area contributed by atoms with Crippen LogP contribution in [-0.4, -0.2) is 18.6 Å². The molecule has 82 valence electrons. The van der Waals surface area contributed by atoms with Gasteiger partial charge in [0.05, 0.1) is 5.57 Å². The molecule has 3 heteroatoms. The average molecular weight is 207 g/mol. The molecule has 0 aliphatic carbocycles. The minimum Gasteiger partial charge on any atom is -0.459 e. The molecule has 0 amide bonds. The van der Waals surface area contributed by atoms with Crippen LogP contribution in [0.25, 0.3) is 0 Å². The van der Waals surface area contributed by atoms with E-state index in [-0.39, 0.29) is 12.1 Å². The van der Waals surface area contributed by atoms with Gasteiger partial charge in [-0.2, -0.15) is 0 Å². The number of rotatable bonds is 3. The Morgan fingerprint density at radius 3 is 3.13 bits per heavy atom. The fourth-order valence-electron chi connectivity index (χ4n) is 2.14. The van der Waals surface area contributed by atoms with Gasteiger partial charge >= 0.3 is 5.97 Å². The fraction of sp³-hybridized carbons (Fsp3) is 0.583. The van der Waals surface area contributed by atoms with Crippen LogP contribution in [0.15, 0.2) is 23.9 Å². The van der Waals surface area contributed by atoms with Crippen LogP contribution in [0.1, 0.15) is 32.1 Å². The number of cyclic esters (lactones) is 1. The summed E-state index contributed by atoms with van der Waals surface area (Å²) in [6, 6.07) is 0. The van der Waals surface area contributed by atoms with Crippen molar-refractivity contribution < 1.29 is 9.53 Å². The van der Waals surface area contributed by atoms with Crippen LogP contribution < -0.4 is 5.32 Å². The third kappa shape index (κ3) is 2.22. The molecule has 0 aromatic heterocycles. The summed E-state index contributed by atoms with van der Waals surface area (Å²) < 4.78 is 5.30. The van der Waals surface area contributed by atoms with Gasteiger partial charge in [0.1, 0.15) is 6.10 Å². The van der Waals surface area contributed by atoms with E-state index in [0.29, 0.717) is 0 Å². The number of allylic oxidation sites excluding steroid dienone is 2. The van der Waals surface area contributed by atoms with Crippen molar-refractivity contribution in [3.8, 4) is 0 Å². The summed E-state index contributed by atoms with van der Waals surface area (Å²) in [6.45, 7) is 4.66. The second kappa shape index (κ2) is 4.51. The summed E-state index contributed by atoms with van der Waals surface area (Å²) >= 11 is 0. The van der Waals surface area contributed by atoms with Gasteiger partial charge in [0.15, 0.2) is 0 Å². The molecule has 15 heavy (non-hydrogen) atoms. The molecule has 2 saturated heterocycles. The Kier molecular flexibility index (Phi) is 3.09. The first-order valence-electron chi connectivity index (χ1n) is 5.59. The molecular weight excluding hydrogens is 190 g/mol. The Morgan fingerprint density at radius 2 is 2.47 bits per heavy atom. The highest BCUT2D eigenvalue weighted by Gasteiger charge is 2.31. The Balaban J connectivity index is 2.00. The van der Waals surface area contributed by atoms with Crippen LogP contribution in [0.2, 0.25) is 0 Å². The lowest BCUT2D eigenvalue weighted by Gasteiger charge is -2.04. The standard InChI is InChI=1S/C12H17NO2/c1-2-3-5-9-8-10(12(14)15-9)11-6-4-7-13-11/h2,9,13H,1,3-8H2/b11-10-. The largest absolute Gasteiger partial charge is 0.459 e. The van der Waals surface area contributed by atoms with Crippen LogP contribution in [0.3, 0.4) is 0 Å². The molecule has 1 N–H and O–H groups in total. The first-order chi connectivity index (χ1) is 7.31. The minimum absolute atomic E-state index is 0.0698. The molecule has 2 aliphatic heterocycles. The molecule has 3 nitrogen and oxygen atoms in total. The summed E-state index contributed by atoms with van der Waals surface area (Å²) in [5.41, 5.74) is 1.99.